The van der Waals surface area contributed by atoms with Crippen molar-refractivity contribution in [2.24, 2.45) is 0 Å². The van der Waals surface area contributed by atoms with E-state index >= 15 is 0 Å². The predicted molar refractivity (Wildman–Crippen MR) is 83.1 cm³/mol. The number of ether oxygens (including phenoxy) is 1. The van der Waals surface area contributed by atoms with Crippen LogP contribution in [0.5, 0.6) is 0 Å². The molecule has 132 valence electrons. The van der Waals surface area contributed by atoms with Gasteiger partial charge in [0, 0.05) is 13.1 Å². The van der Waals surface area contributed by atoms with Crippen LogP contribution >= 0.6 is 0 Å². The highest BCUT2D eigenvalue weighted by Gasteiger charge is 2.30. The van der Waals surface area contributed by atoms with E-state index in [-0.39, 0.29) is 11.5 Å². The zero-order chi connectivity index (χ0) is 18.1. The maximum absolute atomic E-state index is 14.3. The summed E-state index contributed by atoms with van der Waals surface area (Å²) < 4.78 is 33.1. The molecule has 0 saturated carbocycles. The van der Waals surface area contributed by atoms with Crippen molar-refractivity contribution in [1.82, 2.24) is 4.90 Å². The Morgan fingerprint density at radius 2 is 1.79 bits per heavy atom. The third-order valence-corrected chi connectivity index (χ3v) is 3.92. The van der Waals surface area contributed by atoms with Crippen molar-refractivity contribution >= 4 is 12.1 Å². The molecule has 24 heavy (non-hydrogen) atoms. The van der Waals surface area contributed by atoms with Gasteiger partial charge in [0.05, 0.1) is 0 Å². The van der Waals surface area contributed by atoms with Crippen LogP contribution in [0, 0.1) is 11.6 Å². The Morgan fingerprint density at radius 1 is 1.21 bits per heavy atom. The predicted octanol–water partition coefficient (Wildman–Crippen LogP) is 3.78. The summed E-state index contributed by atoms with van der Waals surface area (Å²) >= 11 is 0. The second kappa shape index (κ2) is 6.75. The normalized spacial score (nSPS) is 16.1. The fourth-order valence-electron chi connectivity index (χ4n) is 2.78. The van der Waals surface area contributed by atoms with Gasteiger partial charge in [-0.3, -0.25) is 0 Å². The minimum Gasteiger partial charge on any atom is -0.477 e. The Bertz CT molecular complexity index is 647. The van der Waals surface area contributed by atoms with E-state index in [1.807, 2.05) is 0 Å². The summed E-state index contributed by atoms with van der Waals surface area (Å²) in [6.45, 7) is 6.08. The second-order valence-electron chi connectivity index (χ2n) is 6.87. The van der Waals surface area contributed by atoms with Crippen molar-refractivity contribution in [3.8, 4) is 0 Å². The van der Waals surface area contributed by atoms with Gasteiger partial charge in [0.25, 0.3) is 0 Å². The molecule has 1 aliphatic heterocycles. The molecule has 0 aromatic heterocycles. The van der Waals surface area contributed by atoms with Crippen molar-refractivity contribution in [3.05, 3.63) is 34.9 Å². The maximum atomic E-state index is 14.3. The summed E-state index contributed by atoms with van der Waals surface area (Å²) in [5.41, 5.74) is -1.34. The third kappa shape index (κ3) is 4.01. The number of halogens is 2. The molecule has 0 aliphatic carbocycles. The van der Waals surface area contributed by atoms with Gasteiger partial charge in [-0.15, -0.1) is 0 Å². The van der Waals surface area contributed by atoms with E-state index in [4.69, 9.17) is 9.84 Å². The SMILES string of the molecule is CC(C)(C)OC(=O)N1CCC(c2ccc(F)c(C(=O)O)c2F)CC1. The molecule has 1 aromatic carbocycles. The molecule has 0 spiro atoms. The Morgan fingerprint density at radius 3 is 2.29 bits per heavy atom. The number of carboxylic acids is 1. The van der Waals surface area contributed by atoms with Crippen LogP contribution in [0.25, 0.3) is 0 Å². The monoisotopic (exact) mass is 341 g/mol. The van der Waals surface area contributed by atoms with Crippen molar-refractivity contribution < 1.29 is 28.2 Å². The lowest BCUT2D eigenvalue weighted by Crippen LogP contribution is -2.41. The van der Waals surface area contributed by atoms with Crippen LogP contribution in [0.2, 0.25) is 0 Å². The summed E-state index contributed by atoms with van der Waals surface area (Å²) in [4.78, 5) is 24.6. The van der Waals surface area contributed by atoms with Gasteiger partial charge >= 0.3 is 12.1 Å². The van der Waals surface area contributed by atoms with Gasteiger partial charge in [-0.05, 0) is 51.2 Å². The number of carbonyl (C=O) groups is 2. The molecular weight excluding hydrogens is 320 g/mol. The van der Waals surface area contributed by atoms with Gasteiger partial charge in [0.15, 0.2) is 0 Å². The Hall–Kier alpha value is -2.18. The number of nitrogens with zero attached hydrogens (tertiary/aromatic N) is 1. The number of likely N-dealkylation sites (tertiary alicyclic amines) is 1. The minimum atomic E-state index is -1.63. The second-order valence-corrected chi connectivity index (χ2v) is 6.87. The number of hydrogen-bond acceptors (Lipinski definition) is 3. The molecule has 1 N–H and O–H groups in total. The zero-order valence-corrected chi connectivity index (χ0v) is 13.9. The summed E-state index contributed by atoms with van der Waals surface area (Å²) in [7, 11) is 0. The van der Waals surface area contributed by atoms with Gasteiger partial charge < -0.3 is 14.7 Å². The van der Waals surface area contributed by atoms with E-state index in [0.29, 0.717) is 25.9 Å². The lowest BCUT2D eigenvalue weighted by Gasteiger charge is -2.33. The molecule has 0 radical (unpaired) electrons. The largest absolute Gasteiger partial charge is 0.477 e. The van der Waals surface area contributed by atoms with E-state index in [1.165, 1.54) is 6.07 Å². The summed E-state index contributed by atoms with van der Waals surface area (Å²) in [6.07, 6.45) is 0.494. The van der Waals surface area contributed by atoms with Crippen molar-refractivity contribution in [2.45, 2.75) is 45.1 Å². The molecule has 1 fully saturated rings. The van der Waals surface area contributed by atoms with Crippen molar-refractivity contribution in [3.63, 3.8) is 0 Å². The van der Waals surface area contributed by atoms with E-state index in [0.717, 1.165) is 6.07 Å². The first-order valence-corrected chi connectivity index (χ1v) is 7.79. The van der Waals surface area contributed by atoms with Crippen LogP contribution in [0.15, 0.2) is 12.1 Å². The Kier molecular flexibility index (Phi) is 5.11. The van der Waals surface area contributed by atoms with Crippen LogP contribution in [0.1, 0.15) is 55.5 Å². The first kappa shape index (κ1) is 18.2. The van der Waals surface area contributed by atoms with E-state index < -0.39 is 34.9 Å². The van der Waals surface area contributed by atoms with Gasteiger partial charge in [0.1, 0.15) is 22.8 Å². The first-order chi connectivity index (χ1) is 11.1. The molecule has 1 heterocycles. The Balaban J connectivity index is 2.09. The van der Waals surface area contributed by atoms with Crippen LogP contribution in [0.4, 0.5) is 13.6 Å². The van der Waals surface area contributed by atoms with E-state index in [9.17, 15) is 18.4 Å². The van der Waals surface area contributed by atoms with Crippen LogP contribution in [-0.2, 0) is 4.74 Å². The molecule has 1 saturated heterocycles. The molecule has 5 nitrogen and oxygen atoms in total. The highest BCUT2D eigenvalue weighted by atomic mass is 19.1. The molecule has 0 unspecified atom stereocenters. The average Bonchev–Trinajstić information content (AvgIpc) is 2.45. The quantitative estimate of drug-likeness (QED) is 0.889. The highest BCUT2D eigenvalue weighted by Crippen LogP contribution is 2.32. The number of carbonyl (C=O) groups excluding carboxylic acids is 1. The number of carboxylic acid groups (broad SMARTS) is 1. The lowest BCUT2D eigenvalue weighted by atomic mass is 9.88. The molecule has 1 aliphatic rings. The summed E-state index contributed by atoms with van der Waals surface area (Å²) in [6, 6.07) is 2.26. The van der Waals surface area contributed by atoms with E-state index in [1.54, 1.807) is 25.7 Å². The van der Waals surface area contributed by atoms with Gasteiger partial charge in [-0.25, -0.2) is 18.4 Å². The zero-order valence-electron chi connectivity index (χ0n) is 13.9. The fourth-order valence-corrected chi connectivity index (χ4v) is 2.78. The summed E-state index contributed by atoms with van der Waals surface area (Å²) in [5.74, 6) is -4.01. The van der Waals surface area contributed by atoms with Crippen molar-refractivity contribution in [2.75, 3.05) is 13.1 Å². The maximum Gasteiger partial charge on any atom is 0.410 e. The lowest BCUT2D eigenvalue weighted by molar-refractivity contribution is 0.0204. The Labute approximate surface area is 139 Å². The molecule has 0 bridgehead atoms. The standard InChI is InChI=1S/C17H21F2NO4/c1-17(2,3)24-16(23)20-8-6-10(7-9-20)11-4-5-12(18)13(14(11)19)15(21)22/h4-5,10H,6-9H2,1-3H3,(H,21,22). The third-order valence-electron chi connectivity index (χ3n) is 3.92. The number of amides is 1. The molecule has 7 heteroatoms. The smallest absolute Gasteiger partial charge is 0.410 e. The van der Waals surface area contributed by atoms with Crippen LogP contribution in [-0.4, -0.2) is 40.8 Å². The minimum absolute atomic E-state index is 0.178. The molecule has 1 amide bonds. The van der Waals surface area contributed by atoms with Crippen LogP contribution < -0.4 is 0 Å². The number of hydrogen-bond donors (Lipinski definition) is 1. The number of rotatable bonds is 2. The fraction of sp³-hybridized carbons (Fsp3) is 0.529. The number of aromatic carboxylic acids is 1. The van der Waals surface area contributed by atoms with E-state index in [2.05, 4.69) is 0 Å². The van der Waals surface area contributed by atoms with Crippen LogP contribution in [0.3, 0.4) is 0 Å². The topological polar surface area (TPSA) is 66.8 Å². The molecular formula is C17H21F2NO4. The van der Waals surface area contributed by atoms with Gasteiger partial charge in [-0.2, -0.15) is 0 Å². The average molecular weight is 341 g/mol. The summed E-state index contributed by atoms with van der Waals surface area (Å²) in [5, 5.41) is 8.94. The van der Waals surface area contributed by atoms with Gasteiger partial charge in [0.2, 0.25) is 0 Å². The van der Waals surface area contributed by atoms with Crippen molar-refractivity contribution in [1.29, 1.82) is 0 Å². The number of piperidine rings is 1. The molecule has 0 atom stereocenters. The first-order valence-electron chi connectivity index (χ1n) is 7.79. The highest BCUT2D eigenvalue weighted by molar-refractivity contribution is 5.88. The number of benzene rings is 1. The van der Waals surface area contributed by atoms with Gasteiger partial charge in [-0.1, -0.05) is 6.07 Å². The molecule has 2 rings (SSSR count). The molecule has 1 aromatic rings.